The molecule has 1 aliphatic carbocycles. The van der Waals surface area contributed by atoms with E-state index in [1.54, 1.807) is 0 Å². The molecule has 1 aromatic rings. The van der Waals surface area contributed by atoms with Crippen LogP contribution >= 0.6 is 0 Å². The van der Waals surface area contributed by atoms with E-state index in [9.17, 15) is 4.79 Å². The van der Waals surface area contributed by atoms with E-state index in [2.05, 4.69) is 41.3 Å². The highest BCUT2D eigenvalue weighted by molar-refractivity contribution is 5.90. The number of hydrogen-bond acceptors (Lipinski definition) is 3. The number of carbonyl (C=O) groups is 1. The SMILES string of the molecule is CCCc1nc(C(=O)NC(C)(C)C2CC2)n[nH]1. The molecule has 94 valence electrons. The Morgan fingerprint density at radius 2 is 2.24 bits per heavy atom. The number of aryl methyl sites for hydroxylation is 1. The van der Waals surface area contributed by atoms with Gasteiger partial charge in [0.05, 0.1) is 0 Å². The molecule has 0 spiro atoms. The molecule has 1 fully saturated rings. The minimum Gasteiger partial charge on any atom is -0.344 e. The van der Waals surface area contributed by atoms with Crippen molar-refractivity contribution in [2.75, 3.05) is 0 Å². The van der Waals surface area contributed by atoms with Crippen LogP contribution < -0.4 is 5.32 Å². The Labute approximate surface area is 101 Å². The van der Waals surface area contributed by atoms with Gasteiger partial charge in [-0.05, 0) is 39.0 Å². The molecule has 2 N–H and O–H groups in total. The van der Waals surface area contributed by atoms with Crippen LogP contribution in [0.4, 0.5) is 0 Å². The van der Waals surface area contributed by atoms with Gasteiger partial charge in [0.15, 0.2) is 0 Å². The molecular formula is C12H20N4O. The number of carbonyl (C=O) groups excluding carboxylic acids is 1. The third kappa shape index (κ3) is 2.84. The number of nitrogens with zero attached hydrogens (tertiary/aromatic N) is 2. The van der Waals surface area contributed by atoms with Crippen LogP contribution in [0.3, 0.4) is 0 Å². The van der Waals surface area contributed by atoms with E-state index in [0.29, 0.717) is 5.92 Å². The van der Waals surface area contributed by atoms with Crippen molar-refractivity contribution in [3.8, 4) is 0 Å². The van der Waals surface area contributed by atoms with Gasteiger partial charge >= 0.3 is 0 Å². The Balaban J connectivity index is 1.98. The predicted octanol–water partition coefficient (Wildman–Crippen LogP) is 1.68. The summed E-state index contributed by atoms with van der Waals surface area (Å²) in [6.07, 6.45) is 4.21. The summed E-state index contributed by atoms with van der Waals surface area (Å²) < 4.78 is 0. The fourth-order valence-electron chi connectivity index (χ4n) is 2.00. The van der Waals surface area contributed by atoms with Crippen LogP contribution in [0.25, 0.3) is 0 Å². The summed E-state index contributed by atoms with van der Waals surface area (Å²) in [5, 5.41) is 9.75. The second kappa shape index (κ2) is 4.47. The summed E-state index contributed by atoms with van der Waals surface area (Å²) in [5.74, 6) is 1.45. The fourth-order valence-corrected chi connectivity index (χ4v) is 2.00. The quantitative estimate of drug-likeness (QED) is 0.817. The standard InChI is InChI=1S/C12H20N4O/c1-4-5-9-13-10(16-15-9)11(17)14-12(2,3)8-6-7-8/h8H,4-7H2,1-3H3,(H,14,17)(H,13,15,16). The Morgan fingerprint density at radius 1 is 1.53 bits per heavy atom. The molecule has 0 radical (unpaired) electrons. The van der Waals surface area contributed by atoms with E-state index in [0.717, 1.165) is 18.7 Å². The topological polar surface area (TPSA) is 70.7 Å². The number of amides is 1. The van der Waals surface area contributed by atoms with Crippen LogP contribution in [0, 0.1) is 5.92 Å². The van der Waals surface area contributed by atoms with Crippen molar-refractivity contribution in [3.05, 3.63) is 11.6 Å². The van der Waals surface area contributed by atoms with Crippen molar-refractivity contribution in [3.63, 3.8) is 0 Å². The lowest BCUT2D eigenvalue weighted by atomic mass is 9.99. The highest BCUT2D eigenvalue weighted by Gasteiger charge is 2.39. The number of aromatic amines is 1. The first kappa shape index (κ1) is 12.1. The number of nitrogens with one attached hydrogen (secondary N) is 2. The summed E-state index contributed by atoms with van der Waals surface area (Å²) in [6, 6.07) is 0. The first-order valence-corrected chi connectivity index (χ1v) is 6.26. The first-order chi connectivity index (χ1) is 8.03. The van der Waals surface area contributed by atoms with Gasteiger partial charge in [0.2, 0.25) is 5.82 Å². The van der Waals surface area contributed by atoms with Crippen LogP contribution in [-0.4, -0.2) is 26.6 Å². The maximum Gasteiger partial charge on any atom is 0.291 e. The maximum atomic E-state index is 12.0. The van der Waals surface area contributed by atoms with Gasteiger partial charge in [0.25, 0.3) is 5.91 Å². The van der Waals surface area contributed by atoms with E-state index in [4.69, 9.17) is 0 Å². The highest BCUT2D eigenvalue weighted by Crippen LogP contribution is 2.39. The lowest BCUT2D eigenvalue weighted by molar-refractivity contribution is 0.0893. The monoisotopic (exact) mass is 236 g/mol. The molecule has 0 bridgehead atoms. The second-order valence-corrected chi connectivity index (χ2v) is 5.31. The predicted molar refractivity (Wildman–Crippen MR) is 64.6 cm³/mol. The van der Waals surface area contributed by atoms with Gasteiger partial charge in [-0.25, -0.2) is 4.98 Å². The molecule has 0 aromatic carbocycles. The minimum atomic E-state index is -0.180. The average Bonchev–Trinajstić information content (AvgIpc) is 3.01. The Hall–Kier alpha value is -1.39. The average molecular weight is 236 g/mol. The minimum absolute atomic E-state index is 0.150. The maximum absolute atomic E-state index is 12.0. The number of rotatable bonds is 5. The van der Waals surface area contributed by atoms with Crippen LogP contribution in [0.2, 0.25) is 0 Å². The molecule has 5 heteroatoms. The molecule has 1 amide bonds. The summed E-state index contributed by atoms with van der Waals surface area (Å²) in [5.41, 5.74) is -0.150. The summed E-state index contributed by atoms with van der Waals surface area (Å²) in [6.45, 7) is 6.18. The van der Waals surface area contributed by atoms with Gasteiger partial charge in [-0.1, -0.05) is 6.92 Å². The largest absolute Gasteiger partial charge is 0.344 e. The Bertz CT molecular complexity index is 406. The van der Waals surface area contributed by atoms with Crippen molar-refractivity contribution in [1.82, 2.24) is 20.5 Å². The molecule has 5 nitrogen and oxygen atoms in total. The van der Waals surface area contributed by atoms with E-state index in [1.807, 2.05) is 0 Å². The molecule has 1 heterocycles. The fraction of sp³-hybridized carbons (Fsp3) is 0.750. The zero-order valence-corrected chi connectivity index (χ0v) is 10.7. The highest BCUT2D eigenvalue weighted by atomic mass is 16.2. The van der Waals surface area contributed by atoms with Crippen LogP contribution in [0.15, 0.2) is 0 Å². The second-order valence-electron chi connectivity index (χ2n) is 5.31. The van der Waals surface area contributed by atoms with Gasteiger partial charge in [0, 0.05) is 12.0 Å². The molecule has 0 aliphatic heterocycles. The van der Waals surface area contributed by atoms with Crippen molar-refractivity contribution in [2.24, 2.45) is 5.92 Å². The van der Waals surface area contributed by atoms with Crippen molar-refractivity contribution in [1.29, 1.82) is 0 Å². The van der Waals surface area contributed by atoms with Crippen LogP contribution in [-0.2, 0) is 6.42 Å². The number of aromatic nitrogens is 3. The lowest BCUT2D eigenvalue weighted by Crippen LogP contribution is -2.45. The van der Waals surface area contributed by atoms with E-state index < -0.39 is 0 Å². The van der Waals surface area contributed by atoms with Crippen LogP contribution in [0.5, 0.6) is 0 Å². The summed E-state index contributed by atoms with van der Waals surface area (Å²) in [7, 11) is 0. The molecule has 1 saturated carbocycles. The molecular weight excluding hydrogens is 216 g/mol. The van der Waals surface area contributed by atoms with Gasteiger partial charge < -0.3 is 5.32 Å². The molecule has 1 aromatic heterocycles. The molecule has 0 unspecified atom stereocenters. The van der Waals surface area contributed by atoms with Gasteiger partial charge in [0.1, 0.15) is 5.82 Å². The lowest BCUT2D eigenvalue weighted by Gasteiger charge is -2.25. The van der Waals surface area contributed by atoms with Gasteiger partial charge in [-0.2, -0.15) is 0 Å². The van der Waals surface area contributed by atoms with E-state index >= 15 is 0 Å². The zero-order chi connectivity index (χ0) is 12.5. The molecule has 0 atom stereocenters. The van der Waals surface area contributed by atoms with E-state index in [1.165, 1.54) is 12.8 Å². The summed E-state index contributed by atoms with van der Waals surface area (Å²) in [4.78, 5) is 16.1. The third-order valence-corrected chi connectivity index (χ3v) is 3.26. The van der Waals surface area contributed by atoms with Crippen molar-refractivity contribution < 1.29 is 4.79 Å². The molecule has 1 aliphatic rings. The normalized spacial score (nSPS) is 15.9. The zero-order valence-electron chi connectivity index (χ0n) is 10.7. The Kier molecular flexibility index (Phi) is 3.17. The molecule has 2 rings (SSSR count). The number of hydrogen-bond donors (Lipinski definition) is 2. The van der Waals surface area contributed by atoms with E-state index in [-0.39, 0.29) is 17.3 Å². The molecule has 17 heavy (non-hydrogen) atoms. The van der Waals surface area contributed by atoms with Gasteiger partial charge in [-0.3, -0.25) is 9.89 Å². The smallest absolute Gasteiger partial charge is 0.291 e. The Morgan fingerprint density at radius 3 is 2.82 bits per heavy atom. The first-order valence-electron chi connectivity index (χ1n) is 6.26. The molecule has 0 saturated heterocycles. The van der Waals surface area contributed by atoms with Crippen LogP contribution in [0.1, 0.15) is 56.5 Å². The number of H-pyrrole nitrogens is 1. The van der Waals surface area contributed by atoms with Crippen molar-refractivity contribution in [2.45, 2.75) is 52.0 Å². The van der Waals surface area contributed by atoms with Crippen molar-refractivity contribution >= 4 is 5.91 Å². The summed E-state index contributed by atoms with van der Waals surface area (Å²) >= 11 is 0. The van der Waals surface area contributed by atoms with Gasteiger partial charge in [-0.15, -0.1) is 5.10 Å². The third-order valence-electron chi connectivity index (χ3n) is 3.26.